The Morgan fingerprint density at radius 2 is 2.39 bits per heavy atom. The Kier molecular flexibility index (Phi) is 3.35. The molecular weight excluding hydrogens is 236 g/mol. The van der Waals surface area contributed by atoms with Crippen LogP contribution in [-0.2, 0) is 11.3 Å². The monoisotopic (exact) mass is 250 g/mol. The van der Waals surface area contributed by atoms with Crippen LogP contribution in [0.1, 0.15) is 19.0 Å². The molecule has 8 heteroatoms. The van der Waals surface area contributed by atoms with Gasteiger partial charge in [-0.3, -0.25) is 9.89 Å². The zero-order chi connectivity index (χ0) is 13.1. The first kappa shape index (κ1) is 12.2. The number of nitrogens with zero attached hydrogens (tertiary/aromatic N) is 5. The summed E-state index contributed by atoms with van der Waals surface area (Å²) in [6.07, 6.45) is 2.13. The van der Waals surface area contributed by atoms with Gasteiger partial charge in [0.15, 0.2) is 5.82 Å². The second-order valence-corrected chi connectivity index (χ2v) is 4.16. The Hall–Kier alpha value is -2.25. The number of carbonyl (C=O) groups is 1. The van der Waals surface area contributed by atoms with Crippen LogP contribution in [0.25, 0.3) is 11.4 Å². The Morgan fingerprint density at radius 1 is 1.61 bits per heavy atom. The Labute approximate surface area is 103 Å². The highest BCUT2D eigenvalue weighted by Crippen LogP contribution is 2.18. The number of rotatable bonds is 5. The minimum absolute atomic E-state index is 0.424. The standard InChI is InChI=1S/C10H14N6O2/c1-6(10(17)18)3-4-16-9(13-14-15-16)8-5-11-12-7(8)2/h5-6H,3-4H2,1-2H3,(H,11,12)(H,17,18). The lowest BCUT2D eigenvalue weighted by Crippen LogP contribution is -2.14. The number of H-pyrrole nitrogens is 1. The number of tetrazole rings is 1. The van der Waals surface area contributed by atoms with Gasteiger partial charge in [-0.25, -0.2) is 4.68 Å². The van der Waals surface area contributed by atoms with E-state index in [9.17, 15) is 4.79 Å². The molecule has 0 bridgehead atoms. The molecule has 0 aromatic carbocycles. The van der Waals surface area contributed by atoms with Crippen molar-refractivity contribution in [1.82, 2.24) is 30.4 Å². The van der Waals surface area contributed by atoms with Crippen LogP contribution in [0.4, 0.5) is 0 Å². The van der Waals surface area contributed by atoms with E-state index in [0.717, 1.165) is 11.3 Å². The van der Waals surface area contributed by atoms with E-state index in [2.05, 4.69) is 25.7 Å². The van der Waals surface area contributed by atoms with E-state index in [-0.39, 0.29) is 0 Å². The van der Waals surface area contributed by atoms with Gasteiger partial charge in [0.2, 0.25) is 0 Å². The molecule has 8 nitrogen and oxygen atoms in total. The molecule has 18 heavy (non-hydrogen) atoms. The third kappa shape index (κ3) is 2.36. The third-order valence-corrected chi connectivity index (χ3v) is 2.80. The van der Waals surface area contributed by atoms with Crippen molar-refractivity contribution in [2.24, 2.45) is 5.92 Å². The maximum Gasteiger partial charge on any atom is 0.306 e. The van der Waals surface area contributed by atoms with Gasteiger partial charge in [0.1, 0.15) is 0 Å². The highest BCUT2D eigenvalue weighted by Gasteiger charge is 2.15. The molecule has 0 amide bonds. The Bertz CT molecular complexity index is 546. The first-order chi connectivity index (χ1) is 8.59. The molecule has 0 fully saturated rings. The number of hydrogen-bond acceptors (Lipinski definition) is 5. The maximum atomic E-state index is 10.8. The molecule has 0 aliphatic rings. The number of carboxylic acids is 1. The van der Waals surface area contributed by atoms with E-state index in [1.165, 1.54) is 0 Å². The number of nitrogens with one attached hydrogen (secondary N) is 1. The topological polar surface area (TPSA) is 110 Å². The van der Waals surface area contributed by atoms with E-state index in [1.807, 2.05) is 6.92 Å². The van der Waals surface area contributed by atoms with Crippen molar-refractivity contribution in [3.63, 3.8) is 0 Å². The highest BCUT2D eigenvalue weighted by atomic mass is 16.4. The lowest BCUT2D eigenvalue weighted by Gasteiger charge is -2.06. The SMILES string of the molecule is Cc1[nH]ncc1-c1nnnn1CCC(C)C(=O)O. The van der Waals surface area contributed by atoms with Crippen molar-refractivity contribution >= 4 is 5.97 Å². The van der Waals surface area contributed by atoms with Crippen LogP contribution in [0.2, 0.25) is 0 Å². The van der Waals surface area contributed by atoms with Gasteiger partial charge in [-0.15, -0.1) is 5.10 Å². The molecule has 2 aromatic rings. The fourth-order valence-corrected chi connectivity index (χ4v) is 1.56. The van der Waals surface area contributed by atoms with Crippen LogP contribution in [0.3, 0.4) is 0 Å². The van der Waals surface area contributed by atoms with Gasteiger partial charge >= 0.3 is 5.97 Å². The fraction of sp³-hybridized carbons (Fsp3) is 0.500. The summed E-state index contributed by atoms with van der Waals surface area (Å²) in [6, 6.07) is 0. The van der Waals surface area contributed by atoms with E-state index in [4.69, 9.17) is 5.11 Å². The molecule has 0 saturated heterocycles. The van der Waals surface area contributed by atoms with E-state index in [1.54, 1.807) is 17.8 Å². The van der Waals surface area contributed by atoms with Crippen LogP contribution in [0, 0.1) is 12.8 Å². The van der Waals surface area contributed by atoms with Gasteiger partial charge in [0.25, 0.3) is 0 Å². The molecule has 1 unspecified atom stereocenters. The van der Waals surface area contributed by atoms with Crippen LogP contribution in [0.5, 0.6) is 0 Å². The minimum atomic E-state index is -0.816. The highest BCUT2D eigenvalue weighted by molar-refractivity contribution is 5.69. The number of aryl methyl sites for hydroxylation is 2. The molecule has 2 N–H and O–H groups in total. The van der Waals surface area contributed by atoms with Crippen molar-refractivity contribution in [1.29, 1.82) is 0 Å². The summed E-state index contributed by atoms with van der Waals surface area (Å²) < 4.78 is 1.59. The van der Waals surface area contributed by atoms with Crippen LogP contribution < -0.4 is 0 Å². The lowest BCUT2D eigenvalue weighted by atomic mass is 10.1. The molecule has 0 aliphatic carbocycles. The summed E-state index contributed by atoms with van der Waals surface area (Å²) in [5.41, 5.74) is 1.69. The number of aromatic nitrogens is 6. The molecule has 0 saturated carbocycles. The Morgan fingerprint density at radius 3 is 3.00 bits per heavy atom. The summed E-state index contributed by atoms with van der Waals surface area (Å²) in [5, 5.41) is 27.0. The molecule has 2 heterocycles. The number of aliphatic carboxylic acids is 1. The second-order valence-electron chi connectivity index (χ2n) is 4.16. The molecule has 0 spiro atoms. The summed E-state index contributed by atoms with van der Waals surface area (Å²) >= 11 is 0. The van der Waals surface area contributed by atoms with Gasteiger partial charge < -0.3 is 5.11 Å². The molecule has 0 aliphatic heterocycles. The largest absolute Gasteiger partial charge is 0.481 e. The summed E-state index contributed by atoms with van der Waals surface area (Å²) in [4.78, 5) is 10.8. The fourth-order valence-electron chi connectivity index (χ4n) is 1.56. The quantitative estimate of drug-likeness (QED) is 0.798. The average Bonchev–Trinajstić information content (AvgIpc) is 2.93. The molecule has 2 aromatic heterocycles. The van der Waals surface area contributed by atoms with Crippen molar-refractivity contribution in [2.45, 2.75) is 26.8 Å². The molecule has 96 valence electrons. The van der Waals surface area contributed by atoms with Crippen LogP contribution in [0.15, 0.2) is 6.20 Å². The Balaban J connectivity index is 2.14. The second kappa shape index (κ2) is 4.94. The van der Waals surface area contributed by atoms with Crippen molar-refractivity contribution in [3.05, 3.63) is 11.9 Å². The zero-order valence-electron chi connectivity index (χ0n) is 10.2. The van der Waals surface area contributed by atoms with E-state index in [0.29, 0.717) is 18.8 Å². The van der Waals surface area contributed by atoms with Crippen molar-refractivity contribution < 1.29 is 9.90 Å². The van der Waals surface area contributed by atoms with Gasteiger partial charge in [-0.2, -0.15) is 5.10 Å². The summed E-state index contributed by atoms with van der Waals surface area (Å²) in [5.74, 6) is -0.643. The van der Waals surface area contributed by atoms with E-state index < -0.39 is 11.9 Å². The number of aromatic amines is 1. The van der Waals surface area contributed by atoms with Crippen molar-refractivity contribution in [2.75, 3.05) is 0 Å². The minimum Gasteiger partial charge on any atom is -0.481 e. The van der Waals surface area contributed by atoms with E-state index >= 15 is 0 Å². The first-order valence-corrected chi connectivity index (χ1v) is 5.59. The normalized spacial score (nSPS) is 12.6. The average molecular weight is 250 g/mol. The van der Waals surface area contributed by atoms with Crippen molar-refractivity contribution in [3.8, 4) is 11.4 Å². The van der Waals surface area contributed by atoms with Gasteiger partial charge in [0, 0.05) is 12.2 Å². The zero-order valence-corrected chi connectivity index (χ0v) is 10.2. The maximum absolute atomic E-state index is 10.8. The van der Waals surface area contributed by atoms with Crippen LogP contribution >= 0.6 is 0 Å². The summed E-state index contributed by atoms with van der Waals surface area (Å²) in [6.45, 7) is 4.00. The smallest absolute Gasteiger partial charge is 0.306 e. The molecular formula is C10H14N6O2. The number of hydrogen-bond donors (Lipinski definition) is 2. The predicted octanol–water partition coefficient (Wildman–Crippen LogP) is 0.482. The summed E-state index contributed by atoms with van der Waals surface area (Å²) in [7, 11) is 0. The third-order valence-electron chi connectivity index (χ3n) is 2.80. The predicted molar refractivity (Wildman–Crippen MR) is 61.6 cm³/mol. The lowest BCUT2D eigenvalue weighted by molar-refractivity contribution is -0.141. The molecule has 0 radical (unpaired) electrons. The molecule has 2 rings (SSSR count). The molecule has 1 atom stereocenters. The van der Waals surface area contributed by atoms with Gasteiger partial charge in [-0.05, 0) is 23.8 Å². The van der Waals surface area contributed by atoms with Crippen LogP contribution in [-0.4, -0.2) is 41.5 Å². The van der Waals surface area contributed by atoms with Gasteiger partial charge in [-0.1, -0.05) is 6.92 Å². The van der Waals surface area contributed by atoms with Gasteiger partial charge in [0.05, 0.1) is 17.7 Å². The first-order valence-electron chi connectivity index (χ1n) is 5.59. The number of carboxylic acid groups (broad SMARTS) is 1.